The molecule has 0 bridgehead atoms. The topological polar surface area (TPSA) is 95.9 Å². The van der Waals surface area contributed by atoms with Crippen LogP contribution < -0.4 is 5.32 Å². The summed E-state index contributed by atoms with van der Waals surface area (Å²) >= 11 is 0. The van der Waals surface area contributed by atoms with Gasteiger partial charge >= 0.3 is 0 Å². The Morgan fingerprint density at radius 3 is 2.52 bits per heavy atom. The fraction of sp³-hybridized carbons (Fsp3) is 0.923. The largest absolute Gasteiger partial charge is 0.396 e. The maximum absolute atomic E-state index is 12.1. The van der Waals surface area contributed by atoms with Gasteiger partial charge in [-0.25, -0.2) is 8.42 Å². The van der Waals surface area contributed by atoms with Gasteiger partial charge in [0.05, 0.1) is 19.0 Å². The van der Waals surface area contributed by atoms with Crippen molar-refractivity contribution < 1.29 is 23.1 Å². The Balaban J connectivity index is 2.48. The van der Waals surface area contributed by atoms with Crippen molar-refractivity contribution in [2.24, 2.45) is 0 Å². The molecule has 1 fully saturated rings. The van der Waals surface area contributed by atoms with E-state index >= 15 is 0 Å². The lowest BCUT2D eigenvalue weighted by molar-refractivity contribution is -0.122. The van der Waals surface area contributed by atoms with E-state index in [1.54, 1.807) is 0 Å². The Labute approximate surface area is 126 Å². The molecule has 1 unspecified atom stereocenters. The first-order valence-corrected chi connectivity index (χ1v) is 8.91. The number of carbonyl (C=O) groups is 1. The van der Waals surface area contributed by atoms with Crippen LogP contribution in [0.3, 0.4) is 0 Å². The SMILES string of the molecule is CCC(C)(CCO)NC(=O)CCS(=O)(=O)N1CCOCC1. The first-order chi connectivity index (χ1) is 9.83. The Kier molecular flexibility index (Phi) is 7.05. The van der Waals surface area contributed by atoms with E-state index in [1.807, 2.05) is 13.8 Å². The number of sulfonamides is 1. The second kappa shape index (κ2) is 8.07. The minimum atomic E-state index is -3.41. The van der Waals surface area contributed by atoms with Gasteiger partial charge in [0.15, 0.2) is 0 Å². The molecule has 1 amide bonds. The van der Waals surface area contributed by atoms with Crippen LogP contribution in [0.25, 0.3) is 0 Å². The molecule has 8 heteroatoms. The average Bonchev–Trinajstić information content (AvgIpc) is 2.46. The number of aliphatic hydroxyl groups is 1. The highest BCUT2D eigenvalue weighted by molar-refractivity contribution is 7.89. The maximum Gasteiger partial charge on any atom is 0.221 e. The van der Waals surface area contributed by atoms with E-state index < -0.39 is 15.6 Å². The Hall–Kier alpha value is -0.700. The molecule has 124 valence electrons. The zero-order valence-electron chi connectivity index (χ0n) is 12.8. The minimum absolute atomic E-state index is 0.0172. The summed E-state index contributed by atoms with van der Waals surface area (Å²) in [6, 6.07) is 0. The molecular weight excluding hydrogens is 296 g/mol. The van der Waals surface area contributed by atoms with E-state index in [2.05, 4.69) is 5.32 Å². The summed E-state index contributed by atoms with van der Waals surface area (Å²) in [5.74, 6) is -0.498. The molecule has 1 saturated heterocycles. The third-order valence-electron chi connectivity index (χ3n) is 3.84. The normalized spacial score (nSPS) is 20.0. The molecule has 0 radical (unpaired) electrons. The highest BCUT2D eigenvalue weighted by Gasteiger charge is 2.27. The lowest BCUT2D eigenvalue weighted by Gasteiger charge is -2.29. The van der Waals surface area contributed by atoms with Crippen LogP contribution >= 0.6 is 0 Å². The van der Waals surface area contributed by atoms with Gasteiger partial charge in [-0.3, -0.25) is 4.79 Å². The number of hydrogen-bond donors (Lipinski definition) is 2. The molecule has 1 aliphatic heterocycles. The lowest BCUT2D eigenvalue weighted by atomic mass is 9.95. The third-order valence-corrected chi connectivity index (χ3v) is 5.71. The number of carbonyl (C=O) groups excluding carboxylic acids is 1. The molecule has 1 heterocycles. The first-order valence-electron chi connectivity index (χ1n) is 7.30. The van der Waals surface area contributed by atoms with Gasteiger partial charge in [0, 0.05) is 31.7 Å². The molecule has 0 saturated carbocycles. The van der Waals surface area contributed by atoms with Gasteiger partial charge in [0.25, 0.3) is 0 Å². The summed E-state index contributed by atoms with van der Waals surface area (Å²) in [4.78, 5) is 11.9. The predicted octanol–water partition coefficient (Wildman–Crippen LogP) is -0.294. The quantitative estimate of drug-likeness (QED) is 0.640. The number of nitrogens with zero attached hydrogens (tertiary/aromatic N) is 1. The Bertz CT molecular complexity index is 434. The smallest absolute Gasteiger partial charge is 0.221 e. The molecule has 0 aliphatic carbocycles. The third kappa shape index (κ3) is 5.90. The Morgan fingerprint density at radius 1 is 1.38 bits per heavy atom. The summed E-state index contributed by atoms with van der Waals surface area (Å²) in [5.41, 5.74) is -0.492. The molecular formula is C13H26N2O5S. The van der Waals surface area contributed by atoms with Crippen molar-refractivity contribution >= 4 is 15.9 Å². The molecule has 0 aromatic carbocycles. The van der Waals surface area contributed by atoms with Crippen molar-refractivity contribution in [2.45, 2.75) is 38.6 Å². The summed E-state index contributed by atoms with van der Waals surface area (Å²) in [7, 11) is -3.41. The monoisotopic (exact) mass is 322 g/mol. The van der Waals surface area contributed by atoms with Gasteiger partial charge in [-0.05, 0) is 19.8 Å². The highest BCUT2D eigenvalue weighted by Crippen LogP contribution is 2.14. The van der Waals surface area contributed by atoms with Gasteiger partial charge in [0.2, 0.25) is 15.9 Å². The summed E-state index contributed by atoms with van der Waals surface area (Å²) < 4.78 is 30.7. The second-order valence-electron chi connectivity index (χ2n) is 5.51. The van der Waals surface area contributed by atoms with E-state index in [9.17, 15) is 13.2 Å². The molecule has 7 nitrogen and oxygen atoms in total. The van der Waals surface area contributed by atoms with Gasteiger partial charge in [-0.15, -0.1) is 0 Å². The molecule has 0 aromatic rings. The zero-order chi connectivity index (χ0) is 15.9. The molecule has 21 heavy (non-hydrogen) atoms. The van der Waals surface area contributed by atoms with Crippen molar-refractivity contribution in [1.29, 1.82) is 0 Å². The molecule has 0 spiro atoms. The van der Waals surface area contributed by atoms with Crippen molar-refractivity contribution in [2.75, 3.05) is 38.7 Å². The average molecular weight is 322 g/mol. The van der Waals surface area contributed by atoms with Crippen LogP contribution in [0.15, 0.2) is 0 Å². The van der Waals surface area contributed by atoms with Crippen LogP contribution in [0.1, 0.15) is 33.1 Å². The van der Waals surface area contributed by atoms with E-state index in [1.165, 1.54) is 4.31 Å². The number of aliphatic hydroxyl groups excluding tert-OH is 1. The van der Waals surface area contributed by atoms with Crippen LogP contribution in [0.2, 0.25) is 0 Å². The number of morpholine rings is 1. The molecule has 1 atom stereocenters. The fourth-order valence-electron chi connectivity index (χ4n) is 2.15. The number of amides is 1. The first kappa shape index (κ1) is 18.3. The fourth-order valence-corrected chi connectivity index (χ4v) is 3.56. The van der Waals surface area contributed by atoms with Crippen LogP contribution in [0, 0.1) is 0 Å². The number of ether oxygens (including phenoxy) is 1. The van der Waals surface area contributed by atoms with E-state index in [0.717, 1.165) is 0 Å². The highest BCUT2D eigenvalue weighted by atomic mass is 32.2. The Morgan fingerprint density at radius 2 is 2.00 bits per heavy atom. The summed E-state index contributed by atoms with van der Waals surface area (Å²) in [6.07, 6.45) is 1.06. The van der Waals surface area contributed by atoms with Crippen LogP contribution in [0.5, 0.6) is 0 Å². The van der Waals surface area contributed by atoms with Crippen LogP contribution in [-0.2, 0) is 19.6 Å². The van der Waals surface area contributed by atoms with E-state index in [-0.39, 0.29) is 24.7 Å². The second-order valence-corrected chi connectivity index (χ2v) is 7.60. The van der Waals surface area contributed by atoms with Crippen LogP contribution in [0.4, 0.5) is 0 Å². The minimum Gasteiger partial charge on any atom is -0.396 e. The van der Waals surface area contributed by atoms with Crippen molar-refractivity contribution in [3.05, 3.63) is 0 Å². The van der Waals surface area contributed by atoms with Crippen molar-refractivity contribution in [3.63, 3.8) is 0 Å². The van der Waals surface area contributed by atoms with Gasteiger partial charge < -0.3 is 15.2 Å². The van der Waals surface area contributed by atoms with Gasteiger partial charge in [0.1, 0.15) is 0 Å². The van der Waals surface area contributed by atoms with Crippen molar-refractivity contribution in [3.8, 4) is 0 Å². The maximum atomic E-state index is 12.1. The summed E-state index contributed by atoms with van der Waals surface area (Å²) in [5, 5.41) is 11.8. The van der Waals surface area contributed by atoms with Gasteiger partial charge in [-0.1, -0.05) is 6.92 Å². The van der Waals surface area contributed by atoms with E-state index in [0.29, 0.717) is 39.1 Å². The lowest BCUT2D eigenvalue weighted by Crippen LogP contribution is -2.47. The standard InChI is InChI=1S/C13H26N2O5S/c1-3-13(2,5-8-16)14-12(17)4-11-21(18,19)15-6-9-20-10-7-15/h16H,3-11H2,1-2H3,(H,14,17). The molecule has 1 aliphatic rings. The molecule has 1 rings (SSSR count). The number of nitrogens with one attached hydrogen (secondary N) is 1. The molecule has 2 N–H and O–H groups in total. The summed E-state index contributed by atoms with van der Waals surface area (Å²) in [6.45, 7) is 5.24. The number of rotatable bonds is 8. The molecule has 0 aromatic heterocycles. The van der Waals surface area contributed by atoms with Crippen LogP contribution in [-0.4, -0.2) is 67.9 Å². The zero-order valence-corrected chi connectivity index (χ0v) is 13.6. The number of hydrogen-bond acceptors (Lipinski definition) is 5. The van der Waals surface area contributed by atoms with Crippen molar-refractivity contribution in [1.82, 2.24) is 9.62 Å². The van der Waals surface area contributed by atoms with E-state index in [4.69, 9.17) is 9.84 Å². The predicted molar refractivity (Wildman–Crippen MR) is 79.3 cm³/mol. The van der Waals surface area contributed by atoms with Gasteiger partial charge in [-0.2, -0.15) is 4.31 Å².